The third-order valence-corrected chi connectivity index (χ3v) is 3.81. The molecule has 0 radical (unpaired) electrons. The van der Waals surface area contributed by atoms with Gasteiger partial charge in [-0.05, 0) is 24.1 Å². The standard InChI is InChI=1S/C16H15ClO/c1-16(10-12-5-3-2-4-6-12)11-18-15-9-13(17)7-8-14(15)16/h2-9H,10-11H2,1H3/t16-/m1/s1. The first-order chi connectivity index (χ1) is 8.67. The van der Waals surface area contributed by atoms with Crippen LogP contribution in [0.4, 0.5) is 0 Å². The van der Waals surface area contributed by atoms with Gasteiger partial charge in [-0.2, -0.15) is 0 Å². The van der Waals surface area contributed by atoms with Crippen molar-refractivity contribution in [3.8, 4) is 5.75 Å². The Hall–Kier alpha value is -1.47. The second kappa shape index (κ2) is 4.33. The topological polar surface area (TPSA) is 9.23 Å². The van der Waals surface area contributed by atoms with Crippen LogP contribution < -0.4 is 4.74 Å². The van der Waals surface area contributed by atoms with Crippen molar-refractivity contribution < 1.29 is 4.74 Å². The van der Waals surface area contributed by atoms with Crippen LogP contribution in [0.3, 0.4) is 0 Å². The maximum atomic E-state index is 6.00. The average Bonchev–Trinajstić information content (AvgIpc) is 2.67. The van der Waals surface area contributed by atoms with Crippen molar-refractivity contribution in [3.63, 3.8) is 0 Å². The van der Waals surface area contributed by atoms with Gasteiger partial charge in [-0.15, -0.1) is 0 Å². The normalized spacial score (nSPS) is 21.4. The van der Waals surface area contributed by atoms with Crippen LogP contribution in [0.15, 0.2) is 48.5 Å². The van der Waals surface area contributed by atoms with E-state index in [1.165, 1.54) is 11.1 Å². The highest BCUT2D eigenvalue weighted by molar-refractivity contribution is 6.30. The molecule has 3 rings (SSSR count). The number of rotatable bonds is 2. The second-order valence-corrected chi connectivity index (χ2v) is 5.59. The van der Waals surface area contributed by atoms with Gasteiger partial charge in [0.1, 0.15) is 5.75 Å². The Morgan fingerprint density at radius 1 is 1.17 bits per heavy atom. The van der Waals surface area contributed by atoms with Crippen molar-refractivity contribution in [2.45, 2.75) is 18.8 Å². The van der Waals surface area contributed by atoms with Crippen molar-refractivity contribution in [3.05, 3.63) is 64.7 Å². The molecule has 1 aliphatic heterocycles. The molecule has 0 aliphatic carbocycles. The van der Waals surface area contributed by atoms with E-state index in [4.69, 9.17) is 16.3 Å². The third kappa shape index (κ3) is 1.99. The fourth-order valence-corrected chi connectivity index (χ4v) is 2.78. The number of benzene rings is 2. The molecule has 2 aromatic rings. The van der Waals surface area contributed by atoms with Crippen LogP contribution in [0.2, 0.25) is 5.02 Å². The van der Waals surface area contributed by atoms with E-state index in [2.05, 4.69) is 37.3 Å². The molecule has 0 N–H and O–H groups in total. The molecular weight excluding hydrogens is 244 g/mol. The number of ether oxygens (including phenoxy) is 1. The van der Waals surface area contributed by atoms with E-state index >= 15 is 0 Å². The molecule has 0 unspecified atom stereocenters. The molecule has 92 valence electrons. The number of hydrogen-bond acceptors (Lipinski definition) is 1. The van der Waals surface area contributed by atoms with E-state index in [0.29, 0.717) is 0 Å². The molecule has 1 nitrogen and oxygen atoms in total. The highest BCUT2D eigenvalue weighted by atomic mass is 35.5. The van der Waals surface area contributed by atoms with Gasteiger partial charge in [0.2, 0.25) is 0 Å². The van der Waals surface area contributed by atoms with Crippen molar-refractivity contribution in [2.75, 3.05) is 6.61 Å². The monoisotopic (exact) mass is 258 g/mol. The maximum absolute atomic E-state index is 6.00. The Balaban J connectivity index is 1.94. The molecule has 0 bridgehead atoms. The van der Waals surface area contributed by atoms with Gasteiger partial charge in [0.15, 0.2) is 0 Å². The zero-order valence-electron chi connectivity index (χ0n) is 10.3. The van der Waals surface area contributed by atoms with Gasteiger partial charge in [-0.25, -0.2) is 0 Å². The molecule has 0 amide bonds. The molecule has 0 saturated carbocycles. The zero-order chi connectivity index (χ0) is 12.6. The summed E-state index contributed by atoms with van der Waals surface area (Å²) in [5.74, 6) is 0.931. The maximum Gasteiger partial charge on any atom is 0.124 e. The summed E-state index contributed by atoms with van der Waals surface area (Å²) in [6.45, 7) is 2.97. The summed E-state index contributed by atoms with van der Waals surface area (Å²) in [5.41, 5.74) is 2.64. The van der Waals surface area contributed by atoms with Crippen molar-refractivity contribution in [2.24, 2.45) is 0 Å². The summed E-state index contributed by atoms with van der Waals surface area (Å²) >= 11 is 6.00. The smallest absolute Gasteiger partial charge is 0.124 e. The van der Waals surface area contributed by atoms with Gasteiger partial charge in [-0.1, -0.05) is 54.9 Å². The Morgan fingerprint density at radius 3 is 2.72 bits per heavy atom. The molecule has 1 heterocycles. The van der Waals surface area contributed by atoms with E-state index in [-0.39, 0.29) is 5.41 Å². The minimum absolute atomic E-state index is 0.0429. The Bertz CT molecular complexity index is 565. The lowest BCUT2D eigenvalue weighted by molar-refractivity contribution is 0.277. The first-order valence-corrected chi connectivity index (χ1v) is 6.52. The summed E-state index contributed by atoms with van der Waals surface area (Å²) in [4.78, 5) is 0. The molecule has 1 aliphatic rings. The fraction of sp³-hybridized carbons (Fsp3) is 0.250. The van der Waals surface area contributed by atoms with E-state index in [1.54, 1.807) is 0 Å². The van der Waals surface area contributed by atoms with Crippen molar-refractivity contribution in [1.29, 1.82) is 0 Å². The van der Waals surface area contributed by atoms with Gasteiger partial charge in [0.25, 0.3) is 0 Å². The Kier molecular flexibility index (Phi) is 2.79. The zero-order valence-corrected chi connectivity index (χ0v) is 11.1. The summed E-state index contributed by atoms with van der Waals surface area (Å²) < 4.78 is 5.78. The summed E-state index contributed by atoms with van der Waals surface area (Å²) in [5, 5.41) is 0.734. The van der Waals surface area contributed by atoms with Crippen molar-refractivity contribution in [1.82, 2.24) is 0 Å². The summed E-state index contributed by atoms with van der Waals surface area (Å²) in [6.07, 6.45) is 0.989. The second-order valence-electron chi connectivity index (χ2n) is 5.15. The molecule has 0 spiro atoms. The molecule has 0 fully saturated rings. The molecule has 2 aromatic carbocycles. The number of halogens is 1. The van der Waals surface area contributed by atoms with Crippen LogP contribution in [0.25, 0.3) is 0 Å². The summed E-state index contributed by atoms with van der Waals surface area (Å²) in [6, 6.07) is 16.5. The van der Waals surface area contributed by atoms with E-state index in [9.17, 15) is 0 Å². The predicted molar refractivity (Wildman–Crippen MR) is 74.4 cm³/mol. The molecule has 18 heavy (non-hydrogen) atoms. The van der Waals surface area contributed by atoms with Gasteiger partial charge in [0.05, 0.1) is 6.61 Å². The summed E-state index contributed by atoms with van der Waals surface area (Å²) in [7, 11) is 0. The first-order valence-electron chi connectivity index (χ1n) is 6.14. The number of hydrogen-bond donors (Lipinski definition) is 0. The predicted octanol–water partition coefficient (Wildman–Crippen LogP) is 4.23. The van der Waals surface area contributed by atoms with E-state index in [0.717, 1.165) is 23.8 Å². The first kappa shape index (κ1) is 11.6. The van der Waals surface area contributed by atoms with Gasteiger partial charge >= 0.3 is 0 Å². The largest absolute Gasteiger partial charge is 0.492 e. The molecular formula is C16H15ClO. The lowest BCUT2D eigenvalue weighted by Gasteiger charge is -2.22. The lowest BCUT2D eigenvalue weighted by atomic mass is 9.79. The van der Waals surface area contributed by atoms with Crippen LogP contribution in [-0.4, -0.2) is 6.61 Å². The highest BCUT2D eigenvalue weighted by Crippen LogP contribution is 2.41. The molecule has 0 saturated heterocycles. The van der Waals surface area contributed by atoms with Crippen LogP contribution in [-0.2, 0) is 11.8 Å². The SMILES string of the molecule is C[C@@]1(Cc2ccccc2)COc2cc(Cl)ccc21. The fourth-order valence-electron chi connectivity index (χ4n) is 2.62. The van der Waals surface area contributed by atoms with E-state index < -0.39 is 0 Å². The number of fused-ring (bicyclic) bond motifs is 1. The van der Waals surface area contributed by atoms with Gasteiger partial charge in [0, 0.05) is 16.0 Å². The van der Waals surface area contributed by atoms with Crippen LogP contribution >= 0.6 is 11.6 Å². The molecule has 1 atom stereocenters. The average molecular weight is 259 g/mol. The Labute approximate surface area is 112 Å². The molecule has 2 heteroatoms. The van der Waals surface area contributed by atoms with Gasteiger partial charge < -0.3 is 4.74 Å². The van der Waals surface area contributed by atoms with Gasteiger partial charge in [-0.3, -0.25) is 0 Å². The Morgan fingerprint density at radius 2 is 1.94 bits per heavy atom. The third-order valence-electron chi connectivity index (χ3n) is 3.58. The van der Waals surface area contributed by atoms with Crippen LogP contribution in [0.1, 0.15) is 18.1 Å². The van der Waals surface area contributed by atoms with Crippen molar-refractivity contribution >= 4 is 11.6 Å². The highest BCUT2D eigenvalue weighted by Gasteiger charge is 2.36. The quantitative estimate of drug-likeness (QED) is 0.783. The minimum Gasteiger partial charge on any atom is -0.492 e. The van der Waals surface area contributed by atoms with Crippen LogP contribution in [0, 0.1) is 0 Å². The van der Waals surface area contributed by atoms with Crippen LogP contribution in [0.5, 0.6) is 5.75 Å². The van der Waals surface area contributed by atoms with E-state index in [1.807, 2.05) is 18.2 Å². The lowest BCUT2D eigenvalue weighted by Crippen LogP contribution is -2.26. The molecule has 0 aromatic heterocycles. The minimum atomic E-state index is 0.0429.